The maximum absolute atomic E-state index is 12.9. The number of nitrogens with zero attached hydrogens (tertiary/aromatic N) is 3. The van der Waals surface area contributed by atoms with Gasteiger partial charge in [-0.05, 0) is 12.8 Å². The molecule has 0 fully saturated rings. The molecule has 0 aliphatic rings. The van der Waals surface area contributed by atoms with Crippen LogP contribution in [0.25, 0.3) is 0 Å². The molecule has 4 nitrogen and oxygen atoms in total. The van der Waals surface area contributed by atoms with Gasteiger partial charge in [0, 0.05) is 29.4 Å². The molecule has 20 heavy (non-hydrogen) atoms. The van der Waals surface area contributed by atoms with Crippen molar-refractivity contribution in [3.63, 3.8) is 0 Å². The van der Waals surface area contributed by atoms with Gasteiger partial charge in [-0.2, -0.15) is 18.3 Å². The van der Waals surface area contributed by atoms with Crippen LogP contribution in [0, 0.1) is 0 Å². The highest BCUT2D eigenvalue weighted by atomic mass is 35.5. The first-order valence-electron chi connectivity index (χ1n) is 5.74. The number of aromatic nitrogens is 3. The highest BCUT2D eigenvalue weighted by Gasteiger charge is 2.36. The second-order valence-corrected chi connectivity index (χ2v) is 5.80. The zero-order valence-corrected chi connectivity index (χ0v) is 11.8. The van der Waals surface area contributed by atoms with Gasteiger partial charge in [0.15, 0.2) is 10.2 Å². The zero-order chi connectivity index (χ0) is 14.8. The van der Waals surface area contributed by atoms with Crippen LogP contribution in [0.4, 0.5) is 13.2 Å². The fourth-order valence-electron chi connectivity index (χ4n) is 1.75. The summed E-state index contributed by atoms with van der Waals surface area (Å²) in [7, 11) is 0. The number of thiazole rings is 1. The monoisotopic (exact) mass is 325 g/mol. The number of hydrogen-bond donors (Lipinski definition) is 1. The van der Waals surface area contributed by atoms with E-state index in [1.807, 2.05) is 0 Å². The molecular formula is C11H11ClF3N3OS. The van der Waals surface area contributed by atoms with E-state index in [1.165, 1.54) is 28.4 Å². The molecular weight excluding hydrogens is 315 g/mol. The maximum Gasteiger partial charge on any atom is 0.435 e. The Hall–Kier alpha value is -1.12. The summed E-state index contributed by atoms with van der Waals surface area (Å²) in [6.45, 7) is 0.0273. The van der Waals surface area contributed by atoms with Crippen LogP contribution in [0.1, 0.15) is 22.6 Å². The van der Waals surface area contributed by atoms with Crippen LogP contribution in [-0.2, 0) is 19.1 Å². The number of alkyl halides is 3. The summed E-state index contributed by atoms with van der Waals surface area (Å²) < 4.78 is 40.1. The van der Waals surface area contributed by atoms with Crippen molar-refractivity contribution in [2.24, 2.45) is 0 Å². The Morgan fingerprint density at radius 2 is 2.15 bits per heavy atom. The lowest BCUT2D eigenvalue weighted by atomic mass is 10.1. The Labute approximate surface area is 121 Å². The summed E-state index contributed by atoms with van der Waals surface area (Å²) in [5.41, 5.74) is -0.816. The van der Waals surface area contributed by atoms with Gasteiger partial charge in [-0.25, -0.2) is 4.98 Å². The Morgan fingerprint density at radius 1 is 1.40 bits per heavy atom. The van der Waals surface area contributed by atoms with Crippen molar-refractivity contribution >= 4 is 22.9 Å². The molecule has 1 N–H and O–H groups in total. The molecule has 0 atom stereocenters. The van der Waals surface area contributed by atoms with E-state index in [4.69, 9.17) is 16.7 Å². The van der Waals surface area contributed by atoms with E-state index >= 15 is 0 Å². The van der Waals surface area contributed by atoms with Crippen molar-refractivity contribution in [3.8, 4) is 0 Å². The average Bonchev–Trinajstić information content (AvgIpc) is 2.93. The number of rotatable bonds is 5. The van der Waals surface area contributed by atoms with E-state index in [1.54, 1.807) is 0 Å². The van der Waals surface area contributed by atoms with Crippen molar-refractivity contribution in [1.82, 2.24) is 14.8 Å². The Bertz CT molecular complexity index is 582. The number of aliphatic hydroxyl groups is 1. The van der Waals surface area contributed by atoms with E-state index in [9.17, 15) is 13.2 Å². The molecule has 0 saturated heterocycles. The minimum atomic E-state index is -4.50. The molecule has 9 heteroatoms. The number of hydrogen-bond acceptors (Lipinski definition) is 4. The van der Waals surface area contributed by atoms with Crippen LogP contribution in [0.2, 0.25) is 4.47 Å². The third kappa shape index (κ3) is 3.71. The number of halogens is 4. The summed E-state index contributed by atoms with van der Waals surface area (Å²) in [5, 5.41) is 12.3. The number of aliphatic hydroxyl groups excluding tert-OH is 1. The van der Waals surface area contributed by atoms with Crippen LogP contribution in [0.3, 0.4) is 0 Å². The molecule has 2 rings (SSSR count). The molecule has 2 heterocycles. The molecule has 0 radical (unpaired) electrons. The van der Waals surface area contributed by atoms with Crippen molar-refractivity contribution < 1.29 is 18.3 Å². The number of aryl methyl sites for hydroxylation is 1. The lowest BCUT2D eigenvalue weighted by molar-refractivity contribution is -0.142. The van der Waals surface area contributed by atoms with Gasteiger partial charge in [-0.3, -0.25) is 4.68 Å². The first-order chi connectivity index (χ1) is 9.40. The van der Waals surface area contributed by atoms with Crippen LogP contribution in [-0.4, -0.2) is 26.5 Å². The molecule has 0 aliphatic carbocycles. The Morgan fingerprint density at radius 3 is 2.70 bits per heavy atom. The van der Waals surface area contributed by atoms with Gasteiger partial charge in [-0.15, -0.1) is 11.3 Å². The first-order valence-corrected chi connectivity index (χ1v) is 6.94. The van der Waals surface area contributed by atoms with Gasteiger partial charge in [0.25, 0.3) is 0 Å². The predicted octanol–water partition coefficient (Wildman–Crippen LogP) is 2.99. The van der Waals surface area contributed by atoms with E-state index in [2.05, 4.69) is 10.1 Å². The zero-order valence-electron chi connectivity index (χ0n) is 10.2. The molecule has 0 bridgehead atoms. The van der Waals surface area contributed by atoms with Crippen molar-refractivity contribution in [2.45, 2.75) is 25.6 Å². The van der Waals surface area contributed by atoms with Gasteiger partial charge >= 0.3 is 6.18 Å². The molecule has 0 amide bonds. The van der Waals surface area contributed by atoms with Crippen molar-refractivity contribution in [1.29, 1.82) is 0 Å². The third-order valence-electron chi connectivity index (χ3n) is 2.55. The average molecular weight is 326 g/mol. The largest absolute Gasteiger partial charge is 0.435 e. The second kappa shape index (κ2) is 6.11. The lowest BCUT2D eigenvalue weighted by Gasteiger charge is -2.04. The predicted molar refractivity (Wildman–Crippen MR) is 68.9 cm³/mol. The molecule has 0 saturated carbocycles. The van der Waals surface area contributed by atoms with E-state index < -0.39 is 11.9 Å². The van der Waals surface area contributed by atoms with Crippen molar-refractivity contribution in [2.75, 3.05) is 6.61 Å². The minimum absolute atomic E-state index is 0.0853. The highest BCUT2D eigenvalue weighted by molar-refractivity contribution is 7.15. The first kappa shape index (κ1) is 15.3. The van der Waals surface area contributed by atoms with Gasteiger partial charge in [0.05, 0.1) is 6.54 Å². The van der Waals surface area contributed by atoms with E-state index in [0.717, 1.165) is 4.88 Å². The fourth-order valence-corrected chi connectivity index (χ4v) is 2.72. The van der Waals surface area contributed by atoms with Gasteiger partial charge < -0.3 is 5.11 Å². The summed E-state index contributed by atoms with van der Waals surface area (Å²) in [5.74, 6) is 0. The summed E-state index contributed by atoms with van der Waals surface area (Å²) in [4.78, 5) is 4.55. The van der Waals surface area contributed by atoms with Gasteiger partial charge in [-0.1, -0.05) is 11.6 Å². The molecule has 0 aliphatic heterocycles. The molecule has 110 valence electrons. The summed E-state index contributed by atoms with van der Waals surface area (Å²) in [6, 6.07) is 0. The molecule has 0 unspecified atom stereocenters. The Kier molecular flexibility index (Phi) is 4.66. The second-order valence-electron chi connectivity index (χ2n) is 4.10. The smallest absolute Gasteiger partial charge is 0.396 e. The molecule has 2 aromatic rings. The van der Waals surface area contributed by atoms with Gasteiger partial charge in [0.1, 0.15) is 0 Å². The van der Waals surface area contributed by atoms with E-state index in [-0.39, 0.29) is 31.6 Å². The van der Waals surface area contributed by atoms with Crippen molar-refractivity contribution in [3.05, 3.63) is 33.0 Å². The van der Waals surface area contributed by atoms with Gasteiger partial charge in [0.2, 0.25) is 0 Å². The lowest BCUT2D eigenvalue weighted by Crippen LogP contribution is -2.10. The van der Waals surface area contributed by atoms with Crippen LogP contribution < -0.4 is 0 Å². The minimum Gasteiger partial charge on any atom is -0.396 e. The molecule has 0 spiro atoms. The van der Waals surface area contributed by atoms with Crippen LogP contribution >= 0.6 is 22.9 Å². The summed E-state index contributed by atoms with van der Waals surface area (Å²) in [6.07, 6.45) is -1.24. The standard InChI is InChI=1S/C11H11ClF3N3OS/c12-10-16-4-8(20-10)6-18-5-7(2-1-3-19)9(17-18)11(13,14)15/h4-5,19H,1-3,6H2. The summed E-state index contributed by atoms with van der Waals surface area (Å²) >= 11 is 6.87. The molecule has 2 aromatic heterocycles. The third-order valence-corrected chi connectivity index (χ3v) is 3.65. The normalized spacial score (nSPS) is 12.1. The maximum atomic E-state index is 12.9. The Balaban J connectivity index is 2.23. The highest BCUT2D eigenvalue weighted by Crippen LogP contribution is 2.31. The van der Waals surface area contributed by atoms with Crippen LogP contribution in [0.5, 0.6) is 0 Å². The molecule has 0 aromatic carbocycles. The SMILES string of the molecule is OCCCc1cn(Cc2cnc(Cl)s2)nc1C(F)(F)F. The quantitative estimate of drug-likeness (QED) is 0.919. The fraction of sp³-hybridized carbons (Fsp3) is 0.455. The van der Waals surface area contributed by atoms with E-state index in [0.29, 0.717) is 4.47 Å². The van der Waals surface area contributed by atoms with Crippen LogP contribution in [0.15, 0.2) is 12.4 Å². The topological polar surface area (TPSA) is 50.9 Å².